The number of benzene rings is 2. The fraction of sp³-hybridized carbons (Fsp3) is 0.0667. The fourth-order valence-electron chi connectivity index (χ4n) is 2.42. The van der Waals surface area contributed by atoms with Gasteiger partial charge in [-0.3, -0.25) is 4.57 Å². The van der Waals surface area contributed by atoms with Crippen LogP contribution in [0.1, 0.15) is 15.9 Å². The SMILES string of the molecule is Cc1cc(F)ccc1-n1c(=O)[nH]c2c(C(=O)O)cccc21. The lowest BCUT2D eigenvalue weighted by Crippen LogP contribution is -2.15. The van der Waals surface area contributed by atoms with Crippen LogP contribution in [0.2, 0.25) is 0 Å². The van der Waals surface area contributed by atoms with Crippen LogP contribution in [-0.2, 0) is 0 Å². The minimum Gasteiger partial charge on any atom is -0.478 e. The lowest BCUT2D eigenvalue weighted by molar-refractivity contribution is 0.0699. The van der Waals surface area contributed by atoms with Crippen molar-refractivity contribution in [2.24, 2.45) is 0 Å². The Bertz CT molecular complexity index is 924. The Kier molecular flexibility index (Phi) is 2.86. The summed E-state index contributed by atoms with van der Waals surface area (Å²) in [5.41, 5.74) is 1.33. The zero-order valence-corrected chi connectivity index (χ0v) is 11.1. The number of halogens is 1. The molecule has 0 radical (unpaired) electrons. The quantitative estimate of drug-likeness (QED) is 0.760. The van der Waals surface area contributed by atoms with E-state index in [0.717, 1.165) is 0 Å². The van der Waals surface area contributed by atoms with E-state index in [1.54, 1.807) is 19.1 Å². The number of H-pyrrole nitrogens is 1. The summed E-state index contributed by atoms with van der Waals surface area (Å²) in [6.07, 6.45) is 0. The van der Waals surface area contributed by atoms with Gasteiger partial charge in [0.2, 0.25) is 0 Å². The Morgan fingerprint density at radius 1 is 1.29 bits per heavy atom. The van der Waals surface area contributed by atoms with E-state index in [9.17, 15) is 14.0 Å². The normalized spacial score (nSPS) is 11.0. The standard InChI is InChI=1S/C15H11FN2O3/c1-8-7-9(16)5-6-11(8)18-12-4-2-3-10(14(19)20)13(12)17-15(18)21/h2-7H,1H3,(H,17,21)(H,19,20). The van der Waals surface area contributed by atoms with Crippen molar-refractivity contribution >= 4 is 17.0 Å². The first-order valence-electron chi connectivity index (χ1n) is 6.22. The predicted molar refractivity (Wildman–Crippen MR) is 75.6 cm³/mol. The van der Waals surface area contributed by atoms with Crippen LogP contribution in [0, 0.1) is 12.7 Å². The van der Waals surface area contributed by atoms with Crippen molar-refractivity contribution in [3.05, 3.63) is 63.8 Å². The van der Waals surface area contributed by atoms with Crippen LogP contribution in [0.15, 0.2) is 41.2 Å². The van der Waals surface area contributed by atoms with Gasteiger partial charge in [-0.15, -0.1) is 0 Å². The number of imidazole rings is 1. The van der Waals surface area contributed by atoms with Crippen LogP contribution in [0.3, 0.4) is 0 Å². The highest BCUT2D eigenvalue weighted by atomic mass is 19.1. The summed E-state index contributed by atoms with van der Waals surface area (Å²) >= 11 is 0. The van der Waals surface area contributed by atoms with Crippen LogP contribution in [0.5, 0.6) is 0 Å². The molecule has 0 bridgehead atoms. The van der Waals surface area contributed by atoms with E-state index in [4.69, 9.17) is 5.11 Å². The second kappa shape index (κ2) is 4.59. The average Bonchev–Trinajstić information content (AvgIpc) is 2.74. The Balaban J connectivity index is 2.39. The van der Waals surface area contributed by atoms with E-state index in [1.807, 2.05) is 0 Å². The number of rotatable bonds is 2. The molecule has 0 atom stereocenters. The Morgan fingerprint density at radius 3 is 2.71 bits per heavy atom. The van der Waals surface area contributed by atoms with Gasteiger partial charge in [-0.2, -0.15) is 0 Å². The Labute approximate surface area is 118 Å². The Morgan fingerprint density at radius 2 is 2.05 bits per heavy atom. The number of aryl methyl sites for hydroxylation is 1. The summed E-state index contributed by atoms with van der Waals surface area (Å²) in [7, 11) is 0. The summed E-state index contributed by atoms with van der Waals surface area (Å²) in [6, 6.07) is 8.70. The largest absolute Gasteiger partial charge is 0.478 e. The summed E-state index contributed by atoms with van der Waals surface area (Å²) in [5, 5.41) is 9.16. The summed E-state index contributed by atoms with van der Waals surface area (Å²) < 4.78 is 14.5. The number of hydrogen-bond acceptors (Lipinski definition) is 2. The molecule has 1 aromatic heterocycles. The minimum atomic E-state index is -1.12. The van der Waals surface area contributed by atoms with Crippen molar-refractivity contribution in [1.82, 2.24) is 9.55 Å². The van der Waals surface area contributed by atoms with Crippen molar-refractivity contribution < 1.29 is 14.3 Å². The first-order valence-corrected chi connectivity index (χ1v) is 6.22. The third-order valence-corrected chi connectivity index (χ3v) is 3.35. The smallest absolute Gasteiger partial charge is 0.337 e. The van der Waals surface area contributed by atoms with E-state index in [0.29, 0.717) is 16.8 Å². The molecule has 0 saturated carbocycles. The van der Waals surface area contributed by atoms with Crippen molar-refractivity contribution in [2.75, 3.05) is 0 Å². The van der Waals surface area contributed by atoms with E-state index < -0.39 is 17.5 Å². The number of hydrogen-bond donors (Lipinski definition) is 2. The predicted octanol–water partition coefficient (Wildman–Crippen LogP) is 2.46. The molecule has 2 aromatic carbocycles. The minimum absolute atomic E-state index is 0.0168. The maximum Gasteiger partial charge on any atom is 0.337 e. The highest BCUT2D eigenvalue weighted by molar-refractivity contribution is 6.01. The van der Waals surface area contributed by atoms with E-state index in [-0.39, 0.29) is 11.1 Å². The molecule has 0 aliphatic heterocycles. The van der Waals surface area contributed by atoms with Gasteiger partial charge in [-0.1, -0.05) is 6.07 Å². The molecule has 3 aromatic rings. The molecule has 0 aliphatic carbocycles. The van der Waals surface area contributed by atoms with Crippen LogP contribution in [-0.4, -0.2) is 20.6 Å². The van der Waals surface area contributed by atoms with E-state index in [2.05, 4.69) is 4.98 Å². The van der Waals surface area contributed by atoms with Crippen LogP contribution in [0.4, 0.5) is 4.39 Å². The molecule has 0 spiro atoms. The van der Waals surface area contributed by atoms with Crippen LogP contribution in [0.25, 0.3) is 16.7 Å². The molecule has 6 heteroatoms. The molecule has 2 N–H and O–H groups in total. The molecular weight excluding hydrogens is 275 g/mol. The summed E-state index contributed by atoms with van der Waals surface area (Å²) in [4.78, 5) is 25.9. The molecule has 3 rings (SSSR count). The topological polar surface area (TPSA) is 75.1 Å². The van der Waals surface area contributed by atoms with Crippen molar-refractivity contribution in [3.8, 4) is 5.69 Å². The molecule has 0 amide bonds. The summed E-state index contributed by atoms with van der Waals surface area (Å²) in [6.45, 7) is 1.69. The molecule has 21 heavy (non-hydrogen) atoms. The van der Waals surface area contributed by atoms with Gasteiger partial charge in [0.1, 0.15) is 5.82 Å². The lowest BCUT2D eigenvalue weighted by Gasteiger charge is -2.07. The third-order valence-electron chi connectivity index (χ3n) is 3.35. The number of nitrogens with one attached hydrogen (secondary N) is 1. The number of fused-ring (bicyclic) bond motifs is 1. The van der Waals surface area contributed by atoms with Gasteiger partial charge in [0.15, 0.2) is 0 Å². The number of aromatic nitrogens is 2. The van der Waals surface area contributed by atoms with Gasteiger partial charge < -0.3 is 10.1 Å². The van der Waals surface area contributed by atoms with Gasteiger partial charge in [0.25, 0.3) is 0 Å². The van der Waals surface area contributed by atoms with Gasteiger partial charge in [-0.05, 0) is 42.8 Å². The maximum atomic E-state index is 13.2. The number of carbonyl (C=O) groups is 1. The number of aromatic amines is 1. The summed E-state index contributed by atoms with van der Waals surface area (Å²) in [5.74, 6) is -1.51. The zero-order valence-electron chi connectivity index (χ0n) is 11.1. The van der Waals surface area contributed by atoms with Gasteiger partial charge in [0, 0.05) is 0 Å². The second-order valence-electron chi connectivity index (χ2n) is 4.70. The number of aromatic carboxylic acids is 1. The second-order valence-corrected chi connectivity index (χ2v) is 4.70. The monoisotopic (exact) mass is 286 g/mol. The maximum absolute atomic E-state index is 13.2. The van der Waals surface area contributed by atoms with Gasteiger partial charge >= 0.3 is 11.7 Å². The molecule has 106 valence electrons. The first-order chi connectivity index (χ1) is 9.99. The highest BCUT2D eigenvalue weighted by Gasteiger charge is 2.16. The number of nitrogens with zero attached hydrogens (tertiary/aromatic N) is 1. The van der Waals surface area contributed by atoms with E-state index in [1.165, 1.54) is 28.8 Å². The number of para-hydroxylation sites is 1. The first kappa shape index (κ1) is 13.1. The Hall–Kier alpha value is -2.89. The molecule has 0 saturated heterocycles. The fourth-order valence-corrected chi connectivity index (χ4v) is 2.42. The van der Waals surface area contributed by atoms with Crippen LogP contribution >= 0.6 is 0 Å². The number of carboxylic acids is 1. The molecular formula is C15H11FN2O3. The van der Waals surface area contributed by atoms with Crippen molar-refractivity contribution in [1.29, 1.82) is 0 Å². The van der Waals surface area contributed by atoms with Crippen LogP contribution < -0.4 is 5.69 Å². The lowest BCUT2D eigenvalue weighted by atomic mass is 10.1. The molecule has 0 fully saturated rings. The van der Waals surface area contributed by atoms with Gasteiger partial charge in [-0.25, -0.2) is 14.0 Å². The zero-order chi connectivity index (χ0) is 15.1. The third kappa shape index (κ3) is 2.01. The molecule has 5 nitrogen and oxygen atoms in total. The van der Waals surface area contributed by atoms with Crippen molar-refractivity contribution in [2.45, 2.75) is 6.92 Å². The molecule has 1 heterocycles. The molecule has 0 aliphatic rings. The molecule has 0 unspecified atom stereocenters. The van der Waals surface area contributed by atoms with Gasteiger partial charge in [0.05, 0.1) is 22.3 Å². The number of carboxylic acid groups (broad SMARTS) is 1. The highest BCUT2D eigenvalue weighted by Crippen LogP contribution is 2.21. The van der Waals surface area contributed by atoms with E-state index >= 15 is 0 Å². The average molecular weight is 286 g/mol. The van der Waals surface area contributed by atoms with Crippen molar-refractivity contribution in [3.63, 3.8) is 0 Å².